The van der Waals surface area contributed by atoms with Gasteiger partial charge in [0.05, 0.1) is 28.9 Å². The Balaban J connectivity index is 1.64. The first kappa shape index (κ1) is 19.6. The van der Waals surface area contributed by atoms with E-state index < -0.39 is 18.6 Å². The summed E-state index contributed by atoms with van der Waals surface area (Å²) in [6.07, 6.45) is -1.91. The van der Waals surface area contributed by atoms with Crippen LogP contribution in [0.4, 0.5) is 13.2 Å². The monoisotopic (exact) mass is 415 g/mol. The maximum Gasteiger partial charge on any atom is 0.406 e. The molecule has 0 unspecified atom stereocenters. The molecule has 1 amide bonds. The van der Waals surface area contributed by atoms with Crippen molar-refractivity contribution >= 4 is 17.0 Å². The smallest absolute Gasteiger partial charge is 0.345 e. The van der Waals surface area contributed by atoms with Crippen molar-refractivity contribution in [3.8, 4) is 11.3 Å². The lowest BCUT2D eigenvalue weighted by Crippen LogP contribution is -2.27. The molecule has 4 aromatic rings. The van der Waals surface area contributed by atoms with E-state index in [-0.39, 0.29) is 23.6 Å². The van der Waals surface area contributed by atoms with Crippen LogP contribution in [0.15, 0.2) is 53.3 Å². The van der Waals surface area contributed by atoms with Gasteiger partial charge < -0.3 is 14.4 Å². The molecule has 3 heterocycles. The fourth-order valence-corrected chi connectivity index (χ4v) is 3.13. The fraction of sp³-hybridized carbons (Fsp3) is 0.200. The molecule has 4 rings (SSSR count). The molecule has 0 radical (unpaired) electrons. The van der Waals surface area contributed by atoms with Crippen molar-refractivity contribution < 1.29 is 22.5 Å². The summed E-state index contributed by atoms with van der Waals surface area (Å²) in [5.41, 5.74) is 2.26. The summed E-state index contributed by atoms with van der Waals surface area (Å²) >= 11 is 0. The molecule has 0 fully saturated rings. The first-order valence-electron chi connectivity index (χ1n) is 8.99. The van der Waals surface area contributed by atoms with Gasteiger partial charge in [0.25, 0.3) is 11.6 Å². The molecule has 7 nitrogen and oxygen atoms in total. The number of fused-ring (bicyclic) bond motifs is 1. The zero-order valence-electron chi connectivity index (χ0n) is 15.8. The van der Waals surface area contributed by atoms with Gasteiger partial charge in [0.15, 0.2) is 0 Å². The Kier molecular flexibility index (Phi) is 4.98. The minimum absolute atomic E-state index is 0.0938. The lowest BCUT2D eigenvalue weighted by molar-refractivity contribution is -0.141. The molecule has 0 spiro atoms. The third-order valence-electron chi connectivity index (χ3n) is 4.49. The summed E-state index contributed by atoms with van der Waals surface area (Å²) < 4.78 is 44.3. The topological polar surface area (TPSA) is 85.8 Å². The summed E-state index contributed by atoms with van der Waals surface area (Å²) in [4.78, 5) is 21.2. The first-order valence-corrected chi connectivity index (χ1v) is 8.99. The normalized spacial score (nSPS) is 11.7. The molecule has 0 bridgehead atoms. The van der Waals surface area contributed by atoms with Crippen molar-refractivity contribution in [1.29, 1.82) is 0 Å². The molecule has 10 heteroatoms. The molecule has 1 aromatic carbocycles. The molecule has 0 saturated carbocycles. The van der Waals surface area contributed by atoms with E-state index >= 15 is 0 Å². The van der Waals surface area contributed by atoms with E-state index in [1.165, 1.54) is 12.4 Å². The number of imidazole rings is 1. The highest BCUT2D eigenvalue weighted by Crippen LogP contribution is 2.27. The number of hydrogen-bond acceptors (Lipinski definition) is 5. The second-order valence-electron chi connectivity index (χ2n) is 6.64. The number of nitrogens with one attached hydrogen (secondary N) is 1. The Hall–Kier alpha value is -3.69. The SMILES string of the molecule is Cc1noc2nc(-c3ccccc3)cc(C(=O)NCc3nccn3CC(F)(F)F)c12. The van der Waals surface area contributed by atoms with E-state index in [0.29, 0.717) is 16.8 Å². The molecule has 0 saturated heterocycles. The standard InChI is InChI=1S/C20H16F3N5O2/c1-12-17-14(9-15(26-19(17)30-27-12)13-5-3-2-4-6-13)18(29)25-10-16-24-7-8-28(16)11-20(21,22)23/h2-9H,10-11H2,1H3,(H,25,29). The predicted molar refractivity (Wildman–Crippen MR) is 101 cm³/mol. The van der Waals surface area contributed by atoms with E-state index in [9.17, 15) is 18.0 Å². The predicted octanol–water partition coefficient (Wildman–Crippen LogP) is 3.89. The number of nitrogens with zero attached hydrogens (tertiary/aromatic N) is 4. The second-order valence-corrected chi connectivity index (χ2v) is 6.64. The number of benzene rings is 1. The Labute approximate surface area is 168 Å². The summed E-state index contributed by atoms with van der Waals surface area (Å²) in [7, 11) is 0. The third-order valence-corrected chi connectivity index (χ3v) is 4.49. The Morgan fingerprint density at radius 1 is 1.23 bits per heavy atom. The molecule has 3 aromatic heterocycles. The summed E-state index contributed by atoms with van der Waals surface area (Å²) in [6, 6.07) is 10.8. The lowest BCUT2D eigenvalue weighted by Gasteiger charge is -2.12. The fourth-order valence-electron chi connectivity index (χ4n) is 3.13. The van der Waals surface area contributed by atoms with Gasteiger partial charge in [0.2, 0.25) is 0 Å². The highest BCUT2D eigenvalue weighted by atomic mass is 19.4. The van der Waals surface area contributed by atoms with Crippen molar-refractivity contribution in [2.24, 2.45) is 0 Å². The maximum absolute atomic E-state index is 12.9. The average Bonchev–Trinajstić information content (AvgIpc) is 3.31. The molecule has 30 heavy (non-hydrogen) atoms. The summed E-state index contributed by atoms with van der Waals surface area (Å²) in [5.74, 6) is -0.399. The van der Waals surface area contributed by atoms with Crippen LogP contribution >= 0.6 is 0 Å². The first-order chi connectivity index (χ1) is 14.3. The Bertz CT molecular complexity index is 1200. The number of rotatable bonds is 5. The van der Waals surface area contributed by atoms with Gasteiger partial charge in [-0.15, -0.1) is 0 Å². The van der Waals surface area contributed by atoms with Crippen molar-refractivity contribution in [2.45, 2.75) is 26.2 Å². The number of aromatic nitrogens is 4. The number of aryl methyl sites for hydroxylation is 1. The van der Waals surface area contributed by atoms with Gasteiger partial charge in [-0.2, -0.15) is 13.2 Å². The van der Waals surface area contributed by atoms with Crippen molar-refractivity contribution in [3.63, 3.8) is 0 Å². The number of alkyl halides is 3. The van der Waals surface area contributed by atoms with Crippen molar-refractivity contribution in [3.05, 3.63) is 65.9 Å². The minimum Gasteiger partial charge on any atom is -0.345 e. The number of halogens is 3. The van der Waals surface area contributed by atoms with Crippen LogP contribution in [0.1, 0.15) is 21.9 Å². The average molecular weight is 415 g/mol. The zero-order chi connectivity index (χ0) is 21.3. The number of pyridine rings is 1. The van der Waals surface area contributed by atoms with Crippen LogP contribution in [-0.4, -0.2) is 31.8 Å². The van der Waals surface area contributed by atoms with E-state index in [1.807, 2.05) is 30.3 Å². The number of hydrogen-bond donors (Lipinski definition) is 1. The quantitative estimate of drug-likeness (QED) is 0.535. The highest BCUT2D eigenvalue weighted by Gasteiger charge is 2.29. The number of carbonyl (C=O) groups excluding carboxylic acids is 1. The van der Waals surface area contributed by atoms with Gasteiger partial charge >= 0.3 is 6.18 Å². The summed E-state index contributed by atoms with van der Waals surface area (Å²) in [6.45, 7) is 0.333. The van der Waals surface area contributed by atoms with E-state index in [2.05, 4.69) is 20.4 Å². The lowest BCUT2D eigenvalue weighted by atomic mass is 10.1. The van der Waals surface area contributed by atoms with Crippen molar-refractivity contribution in [1.82, 2.24) is 25.0 Å². The Morgan fingerprint density at radius 2 is 2.00 bits per heavy atom. The van der Waals surface area contributed by atoms with Gasteiger partial charge in [-0.05, 0) is 13.0 Å². The molecular weight excluding hydrogens is 399 g/mol. The van der Waals surface area contributed by atoms with Crippen LogP contribution in [0.5, 0.6) is 0 Å². The van der Waals surface area contributed by atoms with E-state index in [0.717, 1.165) is 10.1 Å². The molecule has 0 aliphatic heterocycles. The molecular formula is C20H16F3N5O2. The molecule has 1 N–H and O–H groups in total. The van der Waals surface area contributed by atoms with E-state index in [1.54, 1.807) is 13.0 Å². The largest absolute Gasteiger partial charge is 0.406 e. The van der Waals surface area contributed by atoms with Crippen LogP contribution in [0.25, 0.3) is 22.4 Å². The molecule has 0 aliphatic carbocycles. The van der Waals surface area contributed by atoms with Gasteiger partial charge in [0, 0.05) is 18.0 Å². The van der Waals surface area contributed by atoms with Gasteiger partial charge in [-0.3, -0.25) is 4.79 Å². The van der Waals surface area contributed by atoms with Gasteiger partial charge in [-0.1, -0.05) is 35.5 Å². The van der Waals surface area contributed by atoms with Crippen LogP contribution in [-0.2, 0) is 13.1 Å². The summed E-state index contributed by atoms with van der Waals surface area (Å²) in [5, 5.41) is 6.96. The molecule has 0 atom stereocenters. The number of amides is 1. The second kappa shape index (κ2) is 7.62. The third kappa shape index (κ3) is 4.02. The van der Waals surface area contributed by atoms with Crippen molar-refractivity contribution in [2.75, 3.05) is 0 Å². The van der Waals surface area contributed by atoms with E-state index in [4.69, 9.17) is 4.52 Å². The molecule has 0 aliphatic rings. The van der Waals surface area contributed by atoms with Crippen LogP contribution in [0.3, 0.4) is 0 Å². The zero-order valence-corrected chi connectivity index (χ0v) is 15.8. The maximum atomic E-state index is 12.9. The Morgan fingerprint density at radius 3 is 2.73 bits per heavy atom. The van der Waals surface area contributed by atoms with Crippen LogP contribution in [0.2, 0.25) is 0 Å². The minimum atomic E-state index is -4.39. The highest BCUT2D eigenvalue weighted by molar-refractivity contribution is 6.06. The van der Waals surface area contributed by atoms with Gasteiger partial charge in [-0.25, -0.2) is 9.97 Å². The van der Waals surface area contributed by atoms with Crippen LogP contribution < -0.4 is 5.32 Å². The van der Waals surface area contributed by atoms with Crippen LogP contribution in [0, 0.1) is 6.92 Å². The molecule has 154 valence electrons. The van der Waals surface area contributed by atoms with Gasteiger partial charge in [0.1, 0.15) is 12.4 Å². The number of carbonyl (C=O) groups is 1.